The van der Waals surface area contributed by atoms with Gasteiger partial charge in [0, 0.05) is 41.8 Å². The monoisotopic (exact) mass is 273 g/mol. The van der Waals surface area contributed by atoms with Gasteiger partial charge in [-0.1, -0.05) is 0 Å². The third-order valence-electron chi connectivity index (χ3n) is 2.99. The predicted molar refractivity (Wildman–Crippen MR) is 82.7 cm³/mol. The standard InChI is InChI=1S/C15H19N3O2/c1-20-7-6-18-15-5-2-10(16)8-13(15)12-9-11(19)3-4-14(12)17/h2-5,8-9,18-19H,6-7,16-17H2,1H3. The highest BCUT2D eigenvalue weighted by atomic mass is 16.5. The lowest BCUT2D eigenvalue weighted by molar-refractivity contribution is 0.211. The molecular formula is C15H19N3O2. The molecular weight excluding hydrogens is 254 g/mol. The molecule has 0 aromatic heterocycles. The number of hydrogen-bond acceptors (Lipinski definition) is 5. The van der Waals surface area contributed by atoms with Gasteiger partial charge in [0.1, 0.15) is 5.75 Å². The summed E-state index contributed by atoms with van der Waals surface area (Å²) in [6.45, 7) is 1.27. The highest BCUT2D eigenvalue weighted by Crippen LogP contribution is 2.35. The highest BCUT2D eigenvalue weighted by Gasteiger charge is 2.10. The van der Waals surface area contributed by atoms with Crippen LogP contribution >= 0.6 is 0 Å². The van der Waals surface area contributed by atoms with Crippen molar-refractivity contribution in [3.63, 3.8) is 0 Å². The summed E-state index contributed by atoms with van der Waals surface area (Å²) in [6, 6.07) is 10.4. The Morgan fingerprint density at radius 1 is 1.10 bits per heavy atom. The minimum absolute atomic E-state index is 0.166. The summed E-state index contributed by atoms with van der Waals surface area (Å²) in [7, 11) is 1.65. The topological polar surface area (TPSA) is 93.5 Å². The molecule has 0 aliphatic rings. The van der Waals surface area contributed by atoms with Crippen molar-refractivity contribution in [3.8, 4) is 16.9 Å². The molecule has 0 saturated carbocycles. The van der Waals surface area contributed by atoms with Gasteiger partial charge >= 0.3 is 0 Å². The van der Waals surface area contributed by atoms with Gasteiger partial charge in [-0.2, -0.15) is 0 Å². The molecule has 0 spiro atoms. The molecule has 2 rings (SSSR count). The van der Waals surface area contributed by atoms with Crippen LogP contribution in [0.15, 0.2) is 36.4 Å². The third kappa shape index (κ3) is 3.13. The molecule has 0 radical (unpaired) electrons. The van der Waals surface area contributed by atoms with Crippen molar-refractivity contribution in [2.45, 2.75) is 0 Å². The number of rotatable bonds is 5. The zero-order chi connectivity index (χ0) is 14.5. The summed E-state index contributed by atoms with van der Waals surface area (Å²) in [5, 5.41) is 12.9. The summed E-state index contributed by atoms with van der Waals surface area (Å²) < 4.78 is 5.02. The Hall–Kier alpha value is -2.40. The maximum absolute atomic E-state index is 9.65. The van der Waals surface area contributed by atoms with E-state index in [9.17, 15) is 5.11 Å². The lowest BCUT2D eigenvalue weighted by Gasteiger charge is -2.14. The molecule has 2 aromatic carbocycles. The fraction of sp³-hybridized carbons (Fsp3) is 0.200. The Morgan fingerprint density at radius 3 is 2.65 bits per heavy atom. The van der Waals surface area contributed by atoms with E-state index < -0.39 is 0 Å². The van der Waals surface area contributed by atoms with E-state index in [1.165, 1.54) is 0 Å². The molecule has 0 fully saturated rings. The Morgan fingerprint density at radius 2 is 1.90 bits per heavy atom. The van der Waals surface area contributed by atoms with Crippen molar-refractivity contribution in [1.82, 2.24) is 0 Å². The van der Waals surface area contributed by atoms with Crippen LogP contribution in [0.4, 0.5) is 17.1 Å². The molecule has 5 heteroatoms. The number of benzene rings is 2. The van der Waals surface area contributed by atoms with Gasteiger partial charge in [0.25, 0.3) is 0 Å². The molecule has 6 N–H and O–H groups in total. The molecule has 0 heterocycles. The molecule has 2 aromatic rings. The quantitative estimate of drug-likeness (QED) is 0.381. The Labute approximate surface area is 118 Å². The molecule has 106 valence electrons. The van der Waals surface area contributed by atoms with E-state index in [0.717, 1.165) is 16.8 Å². The zero-order valence-electron chi connectivity index (χ0n) is 11.4. The number of aromatic hydroxyl groups is 1. The predicted octanol–water partition coefficient (Wildman–Crippen LogP) is 2.28. The van der Waals surface area contributed by atoms with Crippen LogP contribution < -0.4 is 16.8 Å². The van der Waals surface area contributed by atoms with Crippen molar-refractivity contribution in [3.05, 3.63) is 36.4 Å². The number of methoxy groups -OCH3 is 1. The van der Waals surface area contributed by atoms with Crippen LogP contribution in [0.2, 0.25) is 0 Å². The van der Waals surface area contributed by atoms with Gasteiger partial charge in [-0.25, -0.2) is 0 Å². The third-order valence-corrected chi connectivity index (χ3v) is 2.99. The van der Waals surface area contributed by atoms with Gasteiger partial charge in [0.2, 0.25) is 0 Å². The SMILES string of the molecule is COCCNc1ccc(N)cc1-c1cc(O)ccc1N. The first-order chi connectivity index (χ1) is 9.61. The number of phenolic OH excluding ortho intramolecular Hbond substituents is 1. The molecule has 0 bridgehead atoms. The molecule has 0 aliphatic carbocycles. The molecule has 0 aliphatic heterocycles. The van der Waals surface area contributed by atoms with E-state index in [-0.39, 0.29) is 5.75 Å². The number of nitrogen functional groups attached to an aromatic ring is 2. The Kier molecular flexibility index (Phi) is 4.32. The molecule has 0 saturated heterocycles. The fourth-order valence-electron chi connectivity index (χ4n) is 2.00. The van der Waals surface area contributed by atoms with Crippen LogP contribution in [0.25, 0.3) is 11.1 Å². The summed E-state index contributed by atoms with van der Waals surface area (Å²) in [4.78, 5) is 0. The normalized spacial score (nSPS) is 10.4. The van der Waals surface area contributed by atoms with Gasteiger partial charge in [0.05, 0.1) is 6.61 Å². The second kappa shape index (κ2) is 6.16. The Bertz CT molecular complexity index is 600. The second-order valence-electron chi connectivity index (χ2n) is 4.50. The van der Waals surface area contributed by atoms with Crippen molar-refractivity contribution in [2.24, 2.45) is 0 Å². The number of hydrogen-bond donors (Lipinski definition) is 4. The molecule has 0 atom stereocenters. The summed E-state index contributed by atoms with van der Waals surface area (Å²) in [6.07, 6.45) is 0. The maximum Gasteiger partial charge on any atom is 0.116 e. The zero-order valence-corrected chi connectivity index (χ0v) is 11.4. The van der Waals surface area contributed by atoms with E-state index in [2.05, 4.69) is 5.32 Å². The summed E-state index contributed by atoms with van der Waals surface area (Å²) in [5.41, 5.74) is 15.6. The fourth-order valence-corrected chi connectivity index (χ4v) is 2.00. The largest absolute Gasteiger partial charge is 0.508 e. The van der Waals surface area contributed by atoms with Gasteiger partial charge in [-0.05, 0) is 36.4 Å². The summed E-state index contributed by atoms with van der Waals surface area (Å²) in [5.74, 6) is 0.166. The number of nitrogens with two attached hydrogens (primary N) is 2. The van der Waals surface area contributed by atoms with E-state index in [4.69, 9.17) is 16.2 Å². The molecule has 5 nitrogen and oxygen atoms in total. The van der Waals surface area contributed by atoms with Gasteiger partial charge in [-0.3, -0.25) is 0 Å². The first-order valence-corrected chi connectivity index (χ1v) is 6.33. The van der Waals surface area contributed by atoms with Crippen LogP contribution in [0.1, 0.15) is 0 Å². The first kappa shape index (κ1) is 14.0. The minimum atomic E-state index is 0.166. The molecule has 0 amide bonds. The maximum atomic E-state index is 9.65. The van der Waals surface area contributed by atoms with E-state index in [1.54, 1.807) is 25.3 Å². The highest BCUT2D eigenvalue weighted by molar-refractivity contribution is 5.87. The molecule has 20 heavy (non-hydrogen) atoms. The van der Waals surface area contributed by atoms with Gasteiger partial charge in [0.15, 0.2) is 0 Å². The van der Waals surface area contributed by atoms with Crippen LogP contribution in [0.3, 0.4) is 0 Å². The Balaban J connectivity index is 2.42. The first-order valence-electron chi connectivity index (χ1n) is 6.33. The average Bonchev–Trinajstić information content (AvgIpc) is 2.43. The van der Waals surface area contributed by atoms with Crippen molar-refractivity contribution in [2.75, 3.05) is 37.0 Å². The summed E-state index contributed by atoms with van der Waals surface area (Å²) >= 11 is 0. The van der Waals surface area contributed by atoms with Crippen molar-refractivity contribution < 1.29 is 9.84 Å². The van der Waals surface area contributed by atoms with E-state index in [1.807, 2.05) is 18.2 Å². The second-order valence-corrected chi connectivity index (χ2v) is 4.50. The number of nitrogens with one attached hydrogen (secondary N) is 1. The number of ether oxygens (including phenoxy) is 1. The minimum Gasteiger partial charge on any atom is -0.508 e. The van der Waals surface area contributed by atoms with Crippen molar-refractivity contribution >= 4 is 17.1 Å². The van der Waals surface area contributed by atoms with E-state index in [0.29, 0.717) is 24.5 Å². The van der Waals surface area contributed by atoms with Crippen LogP contribution in [0.5, 0.6) is 5.75 Å². The molecule has 0 unspecified atom stereocenters. The lowest BCUT2D eigenvalue weighted by Crippen LogP contribution is -2.08. The van der Waals surface area contributed by atoms with Gasteiger partial charge in [-0.15, -0.1) is 0 Å². The lowest BCUT2D eigenvalue weighted by atomic mass is 10.0. The van der Waals surface area contributed by atoms with Gasteiger partial charge < -0.3 is 26.6 Å². The van der Waals surface area contributed by atoms with Crippen LogP contribution in [0, 0.1) is 0 Å². The smallest absolute Gasteiger partial charge is 0.116 e. The van der Waals surface area contributed by atoms with E-state index >= 15 is 0 Å². The number of phenols is 1. The number of anilines is 3. The average molecular weight is 273 g/mol. The van der Waals surface area contributed by atoms with Crippen LogP contribution in [-0.2, 0) is 4.74 Å². The van der Waals surface area contributed by atoms with Crippen LogP contribution in [-0.4, -0.2) is 25.4 Å². The van der Waals surface area contributed by atoms with Crippen molar-refractivity contribution in [1.29, 1.82) is 0 Å².